The molecule has 0 aromatic carbocycles. The summed E-state index contributed by atoms with van der Waals surface area (Å²) in [7, 11) is 0. The molecule has 2 rings (SSSR count). The van der Waals surface area contributed by atoms with E-state index in [1.165, 1.54) is 12.4 Å². The Morgan fingerprint density at radius 1 is 1.43 bits per heavy atom. The normalized spacial score (nSPS) is 17.5. The van der Waals surface area contributed by atoms with Crippen molar-refractivity contribution in [3.63, 3.8) is 0 Å². The Labute approximate surface area is 129 Å². The monoisotopic (exact) mass is 358 g/mol. The van der Waals surface area contributed by atoms with Crippen LogP contribution in [0.5, 0.6) is 0 Å². The van der Waals surface area contributed by atoms with E-state index in [0.29, 0.717) is 36.3 Å². The van der Waals surface area contributed by atoms with Crippen LogP contribution in [0.3, 0.4) is 0 Å². The summed E-state index contributed by atoms with van der Waals surface area (Å²) in [6.45, 7) is 3.78. The van der Waals surface area contributed by atoms with Crippen LogP contribution < -0.4 is 4.90 Å². The van der Waals surface area contributed by atoms with Crippen LogP contribution in [0.1, 0.15) is 6.92 Å². The van der Waals surface area contributed by atoms with E-state index in [0.717, 1.165) is 0 Å². The number of nitro groups is 1. The average molecular weight is 359 g/mol. The van der Waals surface area contributed by atoms with Crippen molar-refractivity contribution in [2.75, 3.05) is 31.1 Å². The number of piperazine rings is 1. The van der Waals surface area contributed by atoms with Crippen molar-refractivity contribution in [1.29, 1.82) is 0 Å². The summed E-state index contributed by atoms with van der Waals surface area (Å²) in [6, 6.07) is -0.553. The van der Waals surface area contributed by atoms with Gasteiger partial charge in [-0.15, -0.1) is 0 Å². The molecule has 0 aliphatic carbocycles. The topological polar surface area (TPSA) is 99.8 Å². The van der Waals surface area contributed by atoms with Gasteiger partial charge in [-0.25, -0.2) is 0 Å². The van der Waals surface area contributed by atoms with Crippen molar-refractivity contribution in [1.82, 2.24) is 9.88 Å². The van der Waals surface area contributed by atoms with Gasteiger partial charge in [-0.05, 0) is 22.9 Å². The molecule has 1 aliphatic heterocycles. The molecule has 1 atom stereocenters. The highest BCUT2D eigenvalue weighted by Gasteiger charge is 2.29. The second kappa shape index (κ2) is 6.35. The Morgan fingerprint density at radius 3 is 2.57 bits per heavy atom. The molecule has 1 N–H and O–H groups in total. The zero-order chi connectivity index (χ0) is 15.6. The van der Waals surface area contributed by atoms with Gasteiger partial charge in [0.25, 0.3) is 0 Å². The van der Waals surface area contributed by atoms with Crippen LogP contribution in [0.15, 0.2) is 16.9 Å². The third-order valence-electron chi connectivity index (χ3n) is 3.59. The molecule has 114 valence electrons. The largest absolute Gasteiger partial charge is 0.480 e. The van der Waals surface area contributed by atoms with Gasteiger partial charge in [-0.3, -0.25) is 24.8 Å². The number of carbonyl (C=O) groups is 1. The van der Waals surface area contributed by atoms with Gasteiger partial charge < -0.3 is 10.0 Å². The molecule has 0 bridgehead atoms. The summed E-state index contributed by atoms with van der Waals surface area (Å²) < 4.78 is 0.566. The fraction of sp³-hybridized carbons (Fsp3) is 0.500. The molecule has 0 spiro atoms. The maximum Gasteiger partial charge on any atom is 0.320 e. The molecule has 1 aromatic rings. The zero-order valence-corrected chi connectivity index (χ0v) is 13.0. The summed E-state index contributed by atoms with van der Waals surface area (Å²) in [5.41, 5.74) is 0.446. The molecular formula is C12H15BrN4O4. The van der Waals surface area contributed by atoms with E-state index in [2.05, 4.69) is 20.9 Å². The number of hydrogen-bond donors (Lipinski definition) is 1. The lowest BCUT2D eigenvalue weighted by atomic mass is 10.2. The Hall–Kier alpha value is -1.74. The minimum Gasteiger partial charge on any atom is -0.480 e. The van der Waals surface area contributed by atoms with Gasteiger partial charge in [-0.2, -0.15) is 0 Å². The number of anilines is 1. The average Bonchev–Trinajstić information content (AvgIpc) is 2.46. The number of halogens is 1. The van der Waals surface area contributed by atoms with E-state index in [1.54, 1.807) is 6.92 Å². The number of aliphatic carboxylic acids is 1. The maximum absolute atomic E-state index is 11.1. The fourth-order valence-electron chi connectivity index (χ4n) is 2.35. The molecule has 21 heavy (non-hydrogen) atoms. The van der Waals surface area contributed by atoms with Crippen LogP contribution >= 0.6 is 15.9 Å². The number of nitrogens with zero attached hydrogens (tertiary/aromatic N) is 4. The van der Waals surface area contributed by atoms with E-state index in [9.17, 15) is 14.9 Å². The number of rotatable bonds is 4. The van der Waals surface area contributed by atoms with Crippen molar-refractivity contribution in [2.24, 2.45) is 0 Å². The van der Waals surface area contributed by atoms with Crippen molar-refractivity contribution >= 4 is 33.3 Å². The van der Waals surface area contributed by atoms with E-state index in [1.807, 2.05) is 9.80 Å². The van der Waals surface area contributed by atoms with Crippen LogP contribution in [0.2, 0.25) is 0 Å². The molecule has 0 saturated carbocycles. The van der Waals surface area contributed by atoms with Crippen LogP contribution in [-0.2, 0) is 4.79 Å². The fourth-order valence-corrected chi connectivity index (χ4v) is 2.93. The summed E-state index contributed by atoms with van der Waals surface area (Å²) in [6.07, 6.45) is 2.75. The minimum absolute atomic E-state index is 0.0518. The first-order valence-electron chi connectivity index (χ1n) is 6.41. The number of hydrogen-bond acceptors (Lipinski definition) is 6. The Morgan fingerprint density at radius 2 is 2.05 bits per heavy atom. The third kappa shape index (κ3) is 3.30. The van der Waals surface area contributed by atoms with Crippen molar-refractivity contribution < 1.29 is 14.8 Å². The molecule has 9 heteroatoms. The second-order valence-corrected chi connectivity index (χ2v) is 5.64. The molecule has 1 aliphatic rings. The van der Waals surface area contributed by atoms with Crippen LogP contribution in [0.4, 0.5) is 11.4 Å². The van der Waals surface area contributed by atoms with Crippen LogP contribution in [0, 0.1) is 10.1 Å². The third-order valence-corrected chi connectivity index (χ3v) is 4.17. The maximum atomic E-state index is 11.1. The Balaban J connectivity index is 2.16. The smallest absolute Gasteiger partial charge is 0.320 e. The van der Waals surface area contributed by atoms with Gasteiger partial charge in [0, 0.05) is 32.4 Å². The molecule has 1 unspecified atom stereocenters. The molecule has 1 aromatic heterocycles. The van der Waals surface area contributed by atoms with Gasteiger partial charge in [0.05, 0.1) is 9.40 Å². The van der Waals surface area contributed by atoms with E-state index < -0.39 is 16.9 Å². The van der Waals surface area contributed by atoms with E-state index >= 15 is 0 Å². The molecule has 0 amide bonds. The minimum atomic E-state index is -0.862. The first-order valence-corrected chi connectivity index (χ1v) is 7.20. The lowest BCUT2D eigenvalue weighted by molar-refractivity contribution is -0.384. The molecule has 0 radical (unpaired) electrons. The van der Waals surface area contributed by atoms with Gasteiger partial charge in [0.2, 0.25) is 0 Å². The summed E-state index contributed by atoms with van der Waals surface area (Å²) >= 11 is 3.30. The van der Waals surface area contributed by atoms with Gasteiger partial charge in [-0.1, -0.05) is 0 Å². The first kappa shape index (κ1) is 15.6. The quantitative estimate of drug-likeness (QED) is 0.640. The number of pyridine rings is 1. The number of carboxylic acids is 1. The van der Waals surface area contributed by atoms with Gasteiger partial charge in [0.15, 0.2) is 0 Å². The predicted molar refractivity (Wildman–Crippen MR) is 79.5 cm³/mol. The van der Waals surface area contributed by atoms with Crippen molar-refractivity contribution in [2.45, 2.75) is 13.0 Å². The number of aromatic nitrogens is 1. The zero-order valence-electron chi connectivity index (χ0n) is 11.4. The highest BCUT2D eigenvalue weighted by molar-refractivity contribution is 9.10. The molecule has 1 fully saturated rings. The van der Waals surface area contributed by atoms with Crippen molar-refractivity contribution in [3.8, 4) is 0 Å². The Bertz CT molecular complexity index is 560. The SMILES string of the molecule is CC(C(=O)O)N1CCN(c2c(Br)cncc2[N+](=O)[O-])CC1. The second-order valence-electron chi connectivity index (χ2n) is 4.78. The molecule has 8 nitrogen and oxygen atoms in total. The Kier molecular flexibility index (Phi) is 4.73. The van der Waals surface area contributed by atoms with E-state index in [-0.39, 0.29) is 5.69 Å². The molecule has 1 saturated heterocycles. The summed E-state index contributed by atoms with van der Waals surface area (Å²) in [5, 5.41) is 20.1. The highest BCUT2D eigenvalue weighted by atomic mass is 79.9. The lowest BCUT2D eigenvalue weighted by Gasteiger charge is -2.37. The van der Waals surface area contributed by atoms with E-state index in [4.69, 9.17) is 5.11 Å². The summed E-state index contributed by atoms with van der Waals surface area (Å²) in [5.74, 6) is -0.862. The predicted octanol–water partition coefficient (Wildman–Crippen LogP) is 1.35. The van der Waals surface area contributed by atoms with Gasteiger partial charge >= 0.3 is 11.7 Å². The lowest BCUT2D eigenvalue weighted by Crippen LogP contribution is -2.52. The summed E-state index contributed by atoms with van der Waals surface area (Å²) in [4.78, 5) is 29.2. The van der Waals surface area contributed by atoms with Crippen LogP contribution in [0.25, 0.3) is 0 Å². The number of carboxylic acid groups (broad SMARTS) is 1. The van der Waals surface area contributed by atoms with Gasteiger partial charge in [0.1, 0.15) is 17.9 Å². The van der Waals surface area contributed by atoms with Crippen LogP contribution in [-0.4, -0.2) is 58.1 Å². The standard InChI is InChI=1S/C12H15BrN4O4/c1-8(12(18)19)15-2-4-16(5-3-15)11-9(13)6-14-7-10(11)17(20)21/h6-8H,2-5H2,1H3,(H,18,19). The first-order chi connectivity index (χ1) is 9.91. The molecular weight excluding hydrogens is 344 g/mol. The van der Waals surface area contributed by atoms with Crippen molar-refractivity contribution in [3.05, 3.63) is 27.0 Å². The molecule has 2 heterocycles. The highest BCUT2D eigenvalue weighted by Crippen LogP contribution is 2.35.